The number of aromatic nitrogens is 2. The first kappa shape index (κ1) is 29.3. The number of hydrogen-bond acceptors (Lipinski definition) is 9. The molecule has 2 aliphatic rings. The molecule has 2 atom stereocenters. The van der Waals surface area contributed by atoms with E-state index in [2.05, 4.69) is 20.6 Å². The highest BCUT2D eigenvalue weighted by molar-refractivity contribution is 6.05. The molecule has 0 saturated carbocycles. The van der Waals surface area contributed by atoms with Gasteiger partial charge in [-0.05, 0) is 38.5 Å². The van der Waals surface area contributed by atoms with Crippen LogP contribution in [-0.4, -0.2) is 83.9 Å². The fourth-order valence-corrected chi connectivity index (χ4v) is 4.32. The van der Waals surface area contributed by atoms with Crippen molar-refractivity contribution in [2.75, 3.05) is 48.0 Å². The molecule has 12 nitrogen and oxygen atoms in total. The molecule has 0 spiro atoms. The van der Waals surface area contributed by atoms with E-state index in [0.29, 0.717) is 50.6 Å². The molecule has 1 saturated heterocycles. The molecular formula is C25H32F3N7O5. The average Bonchev–Trinajstić information content (AvgIpc) is 3.29. The monoisotopic (exact) mass is 567 g/mol. The van der Waals surface area contributed by atoms with Gasteiger partial charge in [0.2, 0.25) is 0 Å². The largest absolute Gasteiger partial charge is 0.493 e. The molecule has 1 unspecified atom stereocenters. The van der Waals surface area contributed by atoms with Crippen LogP contribution >= 0.6 is 0 Å². The zero-order chi connectivity index (χ0) is 29.1. The van der Waals surface area contributed by atoms with Gasteiger partial charge in [-0.1, -0.05) is 0 Å². The molecule has 5 N–H and O–H groups in total. The van der Waals surface area contributed by atoms with Crippen LogP contribution in [0.1, 0.15) is 37.2 Å². The molecule has 218 valence electrons. The Morgan fingerprint density at radius 3 is 2.75 bits per heavy atom. The molecule has 2 aliphatic heterocycles. The number of aliphatic hydroxyl groups is 1. The molecule has 0 aliphatic carbocycles. The van der Waals surface area contributed by atoms with Crippen molar-refractivity contribution in [2.24, 2.45) is 5.73 Å². The summed E-state index contributed by atoms with van der Waals surface area (Å²) in [4.78, 5) is 38.0. The van der Waals surface area contributed by atoms with E-state index in [0.717, 1.165) is 0 Å². The normalized spacial score (nSPS) is 17.3. The second-order valence-corrected chi connectivity index (χ2v) is 9.96. The Bertz CT molecular complexity index is 1220. The van der Waals surface area contributed by atoms with Gasteiger partial charge in [-0.3, -0.25) is 15.0 Å². The standard InChI is InChI=1S/C25H32F3N7O5/c1-24(2,38)40-11-3-10-39-16-6-8-30-20(12-16)33-23(37)35-15-7-9-34(14-15)18-5-4-17(32-21(18)35)22(36)31-13-19(29)25(26,27)28/h4-6,8,12,15,19,38H,3,7,9-11,13-14,29H2,1-2H3,(H,31,36)(H,30,33,37)/t15-,19?/m0/s1. The fourth-order valence-electron chi connectivity index (χ4n) is 4.32. The number of nitrogens with one attached hydrogen (secondary N) is 2. The summed E-state index contributed by atoms with van der Waals surface area (Å²) < 4.78 is 49.1. The molecule has 2 aromatic rings. The molecule has 1 fully saturated rings. The van der Waals surface area contributed by atoms with Gasteiger partial charge in [0.1, 0.15) is 23.3 Å². The average molecular weight is 568 g/mol. The van der Waals surface area contributed by atoms with E-state index in [-0.39, 0.29) is 23.4 Å². The Kier molecular flexibility index (Phi) is 8.65. The number of halogens is 3. The molecule has 0 aromatic carbocycles. The number of pyridine rings is 2. The van der Waals surface area contributed by atoms with Gasteiger partial charge in [0.15, 0.2) is 11.6 Å². The van der Waals surface area contributed by atoms with E-state index in [1.165, 1.54) is 31.0 Å². The van der Waals surface area contributed by atoms with E-state index >= 15 is 0 Å². The summed E-state index contributed by atoms with van der Waals surface area (Å²) in [6.45, 7) is 4.12. The Morgan fingerprint density at radius 2 is 2.02 bits per heavy atom. The number of amides is 3. The number of nitrogens with two attached hydrogens (primary N) is 1. The highest BCUT2D eigenvalue weighted by Gasteiger charge is 2.41. The number of rotatable bonds is 10. The molecule has 0 radical (unpaired) electrons. The van der Waals surface area contributed by atoms with E-state index in [1.54, 1.807) is 18.2 Å². The number of hydrogen-bond donors (Lipinski definition) is 4. The van der Waals surface area contributed by atoms with Gasteiger partial charge >= 0.3 is 12.2 Å². The first-order valence-corrected chi connectivity index (χ1v) is 12.7. The van der Waals surface area contributed by atoms with Crippen molar-refractivity contribution in [2.45, 2.75) is 50.7 Å². The van der Waals surface area contributed by atoms with Crippen LogP contribution in [0.4, 0.5) is 35.3 Å². The van der Waals surface area contributed by atoms with Crippen LogP contribution in [-0.2, 0) is 4.74 Å². The zero-order valence-electron chi connectivity index (χ0n) is 22.1. The number of fused-ring (bicyclic) bond motifs is 4. The smallest absolute Gasteiger partial charge is 0.405 e. The van der Waals surface area contributed by atoms with Gasteiger partial charge in [0, 0.05) is 38.3 Å². The molecule has 15 heteroatoms. The van der Waals surface area contributed by atoms with E-state index in [9.17, 15) is 27.9 Å². The third kappa shape index (κ3) is 7.28. The van der Waals surface area contributed by atoms with Gasteiger partial charge in [0.25, 0.3) is 5.91 Å². The van der Waals surface area contributed by atoms with E-state index in [4.69, 9.17) is 15.2 Å². The fraction of sp³-hybridized carbons (Fsp3) is 0.520. The van der Waals surface area contributed by atoms with Crippen LogP contribution in [0.25, 0.3) is 0 Å². The number of carbonyl (C=O) groups is 2. The number of ether oxygens (including phenoxy) is 2. The minimum absolute atomic E-state index is 0.143. The van der Waals surface area contributed by atoms with Crippen molar-refractivity contribution in [3.05, 3.63) is 36.2 Å². The molecule has 40 heavy (non-hydrogen) atoms. The summed E-state index contributed by atoms with van der Waals surface area (Å²) in [5.74, 6) is -1.15. The van der Waals surface area contributed by atoms with Crippen molar-refractivity contribution >= 4 is 29.3 Å². The predicted molar refractivity (Wildman–Crippen MR) is 139 cm³/mol. The minimum atomic E-state index is -4.65. The first-order valence-electron chi connectivity index (χ1n) is 12.7. The van der Waals surface area contributed by atoms with Crippen molar-refractivity contribution in [1.29, 1.82) is 0 Å². The van der Waals surface area contributed by atoms with Crippen LogP contribution in [0.3, 0.4) is 0 Å². The zero-order valence-corrected chi connectivity index (χ0v) is 22.1. The SMILES string of the molecule is CC(C)(O)OCCCOc1ccnc(NC(=O)N2c3nc(C(=O)NCC(N)C(F)(F)F)ccc3N3CC[C@H]2C3)c1. The van der Waals surface area contributed by atoms with Gasteiger partial charge in [-0.2, -0.15) is 13.2 Å². The lowest BCUT2D eigenvalue weighted by atomic mass is 10.1. The van der Waals surface area contributed by atoms with Crippen LogP contribution in [0.2, 0.25) is 0 Å². The summed E-state index contributed by atoms with van der Waals surface area (Å²) in [5, 5.41) is 14.5. The van der Waals surface area contributed by atoms with Gasteiger partial charge < -0.3 is 30.5 Å². The van der Waals surface area contributed by atoms with Crippen molar-refractivity contribution < 1.29 is 37.3 Å². The number of nitrogens with zero attached hydrogens (tertiary/aromatic N) is 4. The second kappa shape index (κ2) is 11.8. The summed E-state index contributed by atoms with van der Waals surface area (Å²) in [6, 6.07) is 3.24. The van der Waals surface area contributed by atoms with Crippen LogP contribution in [0.15, 0.2) is 30.5 Å². The third-order valence-corrected chi connectivity index (χ3v) is 6.29. The number of alkyl halides is 3. The molecular weight excluding hydrogens is 535 g/mol. The number of urea groups is 1. The topological polar surface area (TPSA) is 155 Å². The van der Waals surface area contributed by atoms with Crippen molar-refractivity contribution in [3.63, 3.8) is 0 Å². The molecule has 4 heterocycles. The molecule has 2 bridgehead atoms. The molecule has 2 aromatic heterocycles. The summed E-state index contributed by atoms with van der Waals surface area (Å²) in [6.07, 6.45) is -1.98. The Hall–Kier alpha value is -3.69. The van der Waals surface area contributed by atoms with Crippen molar-refractivity contribution in [1.82, 2.24) is 15.3 Å². The van der Waals surface area contributed by atoms with Gasteiger partial charge in [-0.25, -0.2) is 14.8 Å². The Balaban J connectivity index is 1.43. The maximum atomic E-state index is 13.4. The lowest BCUT2D eigenvalue weighted by Crippen LogP contribution is -2.49. The van der Waals surface area contributed by atoms with Crippen LogP contribution < -0.4 is 30.9 Å². The highest BCUT2D eigenvalue weighted by Crippen LogP contribution is 2.39. The molecule has 4 rings (SSSR count). The van der Waals surface area contributed by atoms with Crippen LogP contribution in [0, 0.1) is 0 Å². The summed E-state index contributed by atoms with van der Waals surface area (Å²) in [5.41, 5.74) is 5.56. The van der Waals surface area contributed by atoms with Crippen LogP contribution in [0.5, 0.6) is 5.75 Å². The summed E-state index contributed by atoms with van der Waals surface area (Å²) in [7, 11) is 0. The van der Waals surface area contributed by atoms with Gasteiger partial charge in [-0.15, -0.1) is 0 Å². The van der Waals surface area contributed by atoms with Crippen molar-refractivity contribution in [3.8, 4) is 5.75 Å². The Labute approximate surface area is 228 Å². The summed E-state index contributed by atoms with van der Waals surface area (Å²) >= 11 is 0. The second-order valence-electron chi connectivity index (χ2n) is 9.96. The maximum Gasteiger partial charge on any atom is 0.405 e. The lowest BCUT2D eigenvalue weighted by molar-refractivity contribution is -0.176. The minimum Gasteiger partial charge on any atom is -0.493 e. The maximum absolute atomic E-state index is 13.4. The number of anilines is 3. The number of carbonyl (C=O) groups excluding carboxylic acids is 2. The first-order chi connectivity index (χ1) is 18.8. The predicted octanol–water partition coefficient (Wildman–Crippen LogP) is 2.24. The Morgan fingerprint density at radius 1 is 1.25 bits per heavy atom. The quantitative estimate of drug-likeness (QED) is 0.250. The third-order valence-electron chi connectivity index (χ3n) is 6.29. The highest BCUT2D eigenvalue weighted by atomic mass is 19.4. The van der Waals surface area contributed by atoms with E-state index < -0.39 is 36.5 Å². The molecule has 3 amide bonds. The van der Waals surface area contributed by atoms with Gasteiger partial charge in [0.05, 0.1) is 24.9 Å². The lowest BCUT2D eigenvalue weighted by Gasteiger charge is -2.35. The van der Waals surface area contributed by atoms with E-state index in [1.807, 2.05) is 4.90 Å².